The van der Waals surface area contributed by atoms with Crippen LogP contribution in [0.2, 0.25) is 0 Å². The standard InChI is InChI=1S/C16H10N2S2/c17-11-19-15(13-7-3-1-4-8-13)16(20-12-18)14-9-5-2-6-10-14/h1-10H/b16-15+. The Balaban J connectivity index is 2.61. The van der Waals surface area contributed by atoms with Crippen LogP contribution in [0.5, 0.6) is 0 Å². The first-order valence-electron chi connectivity index (χ1n) is 5.84. The van der Waals surface area contributed by atoms with Crippen LogP contribution in [0.1, 0.15) is 11.1 Å². The molecule has 96 valence electrons. The van der Waals surface area contributed by atoms with Crippen molar-refractivity contribution in [2.24, 2.45) is 0 Å². The molecule has 0 N–H and O–H groups in total. The summed E-state index contributed by atoms with van der Waals surface area (Å²) in [6.07, 6.45) is 0. The molecule has 0 aliphatic heterocycles. The molecule has 2 rings (SSSR count). The quantitative estimate of drug-likeness (QED) is 0.592. The third-order valence-corrected chi connectivity index (χ3v) is 4.17. The molecule has 2 aromatic rings. The topological polar surface area (TPSA) is 47.6 Å². The fourth-order valence-electron chi connectivity index (χ4n) is 1.74. The Morgan fingerprint density at radius 2 is 1.00 bits per heavy atom. The lowest BCUT2D eigenvalue weighted by atomic mass is 10.1. The molecule has 0 radical (unpaired) electrons. The summed E-state index contributed by atoms with van der Waals surface area (Å²) in [7, 11) is 0. The number of thiocyanates is 2. The molecule has 2 nitrogen and oxygen atoms in total. The van der Waals surface area contributed by atoms with Crippen molar-refractivity contribution in [2.45, 2.75) is 0 Å². The predicted molar refractivity (Wildman–Crippen MR) is 86.1 cm³/mol. The summed E-state index contributed by atoms with van der Waals surface area (Å²) in [5.74, 6) is 0. The van der Waals surface area contributed by atoms with Crippen molar-refractivity contribution in [1.82, 2.24) is 0 Å². The number of nitrogens with zero attached hydrogens (tertiary/aromatic N) is 2. The maximum Gasteiger partial charge on any atom is 0.138 e. The molecule has 0 saturated carbocycles. The molecule has 0 aromatic heterocycles. The molecule has 4 heteroatoms. The molecule has 0 aliphatic carbocycles. The lowest BCUT2D eigenvalue weighted by Gasteiger charge is -2.10. The third kappa shape index (κ3) is 3.45. The monoisotopic (exact) mass is 294 g/mol. The van der Waals surface area contributed by atoms with Crippen molar-refractivity contribution in [3.63, 3.8) is 0 Å². The summed E-state index contributed by atoms with van der Waals surface area (Å²) < 4.78 is 0. The van der Waals surface area contributed by atoms with E-state index in [2.05, 4.69) is 10.8 Å². The molecular weight excluding hydrogens is 284 g/mol. The highest BCUT2D eigenvalue weighted by Crippen LogP contribution is 2.40. The molecule has 0 unspecified atom stereocenters. The molecule has 0 bridgehead atoms. The predicted octanol–water partition coefficient (Wildman–Crippen LogP) is 4.94. The van der Waals surface area contributed by atoms with Crippen LogP contribution in [0, 0.1) is 21.3 Å². The Morgan fingerprint density at radius 1 is 0.650 bits per heavy atom. The van der Waals surface area contributed by atoms with Gasteiger partial charge in [0, 0.05) is 9.81 Å². The first-order valence-corrected chi connectivity index (χ1v) is 7.47. The second-order valence-electron chi connectivity index (χ2n) is 3.78. The molecule has 2 aromatic carbocycles. The van der Waals surface area contributed by atoms with Crippen LogP contribution in [0.4, 0.5) is 0 Å². The highest BCUT2D eigenvalue weighted by atomic mass is 32.2. The zero-order chi connectivity index (χ0) is 14.2. The van der Waals surface area contributed by atoms with Crippen LogP contribution in [0.25, 0.3) is 9.81 Å². The average molecular weight is 294 g/mol. The SMILES string of the molecule is N#CS/C(=C(/SC#N)c1ccccc1)c1ccccc1. The summed E-state index contributed by atoms with van der Waals surface area (Å²) in [6, 6.07) is 19.3. The van der Waals surface area contributed by atoms with E-state index < -0.39 is 0 Å². The summed E-state index contributed by atoms with van der Waals surface area (Å²) in [4.78, 5) is 1.62. The molecule has 20 heavy (non-hydrogen) atoms. The minimum absolute atomic E-state index is 0.811. The number of benzene rings is 2. The fourth-order valence-corrected chi connectivity index (χ4v) is 3.10. The third-order valence-electron chi connectivity index (χ3n) is 2.57. The van der Waals surface area contributed by atoms with Crippen LogP contribution >= 0.6 is 23.5 Å². The Morgan fingerprint density at radius 3 is 1.30 bits per heavy atom. The van der Waals surface area contributed by atoms with Gasteiger partial charge in [-0.3, -0.25) is 0 Å². The average Bonchev–Trinajstić information content (AvgIpc) is 2.52. The normalized spacial score (nSPS) is 11.1. The van der Waals surface area contributed by atoms with Crippen LogP contribution in [-0.4, -0.2) is 0 Å². The van der Waals surface area contributed by atoms with Crippen molar-refractivity contribution in [3.05, 3.63) is 71.8 Å². The van der Waals surface area contributed by atoms with Crippen molar-refractivity contribution < 1.29 is 0 Å². The van der Waals surface area contributed by atoms with Gasteiger partial charge in [0.05, 0.1) is 0 Å². The molecule has 0 spiro atoms. The number of hydrogen-bond acceptors (Lipinski definition) is 4. The van der Waals surface area contributed by atoms with Crippen LogP contribution in [0.15, 0.2) is 60.7 Å². The highest BCUT2D eigenvalue weighted by molar-refractivity contribution is 8.17. The van der Waals surface area contributed by atoms with E-state index in [0.29, 0.717) is 0 Å². The van der Waals surface area contributed by atoms with Crippen molar-refractivity contribution in [3.8, 4) is 10.8 Å². The summed E-state index contributed by atoms with van der Waals surface area (Å²) >= 11 is 2.17. The minimum Gasteiger partial charge on any atom is -0.185 e. The molecule has 0 atom stereocenters. The van der Waals surface area contributed by atoms with Gasteiger partial charge in [-0.2, -0.15) is 10.5 Å². The number of thioether (sulfide) groups is 2. The van der Waals surface area contributed by atoms with Gasteiger partial charge < -0.3 is 0 Å². The molecule has 0 fully saturated rings. The maximum atomic E-state index is 9.05. The van der Waals surface area contributed by atoms with Crippen molar-refractivity contribution in [2.75, 3.05) is 0 Å². The first kappa shape index (κ1) is 14.3. The zero-order valence-corrected chi connectivity index (χ0v) is 12.1. The Hall–Kier alpha value is -2.14. The maximum absolute atomic E-state index is 9.05. The minimum atomic E-state index is 0.811. The van der Waals surface area contributed by atoms with E-state index in [1.54, 1.807) is 0 Å². The van der Waals surface area contributed by atoms with E-state index in [9.17, 15) is 0 Å². The van der Waals surface area contributed by atoms with Gasteiger partial charge in [-0.05, 0) is 34.7 Å². The summed E-state index contributed by atoms with van der Waals surface area (Å²) in [5, 5.41) is 22.3. The summed E-state index contributed by atoms with van der Waals surface area (Å²) in [6.45, 7) is 0. The first-order chi connectivity index (χ1) is 9.86. The smallest absolute Gasteiger partial charge is 0.138 e. The lowest BCUT2D eigenvalue weighted by molar-refractivity contribution is 1.57. The molecule has 0 amide bonds. The molecule has 0 aliphatic rings. The molecule has 0 saturated heterocycles. The largest absolute Gasteiger partial charge is 0.185 e. The van der Waals surface area contributed by atoms with E-state index >= 15 is 0 Å². The number of nitriles is 2. The van der Waals surface area contributed by atoms with E-state index in [1.165, 1.54) is 0 Å². The Bertz CT molecular complexity index is 618. The van der Waals surface area contributed by atoms with Gasteiger partial charge in [0.2, 0.25) is 0 Å². The van der Waals surface area contributed by atoms with E-state index in [0.717, 1.165) is 44.5 Å². The molecule has 0 heterocycles. The van der Waals surface area contributed by atoms with Gasteiger partial charge in [-0.1, -0.05) is 60.7 Å². The van der Waals surface area contributed by atoms with Gasteiger partial charge in [0.1, 0.15) is 10.8 Å². The second kappa shape index (κ2) is 7.45. The van der Waals surface area contributed by atoms with Gasteiger partial charge in [0.25, 0.3) is 0 Å². The van der Waals surface area contributed by atoms with Crippen LogP contribution in [-0.2, 0) is 0 Å². The Labute approximate surface area is 126 Å². The van der Waals surface area contributed by atoms with Gasteiger partial charge >= 0.3 is 0 Å². The van der Waals surface area contributed by atoms with E-state index in [1.807, 2.05) is 60.7 Å². The zero-order valence-electron chi connectivity index (χ0n) is 10.5. The lowest BCUT2D eigenvalue weighted by Crippen LogP contribution is -1.86. The van der Waals surface area contributed by atoms with Gasteiger partial charge in [-0.25, -0.2) is 0 Å². The summed E-state index contributed by atoms with van der Waals surface area (Å²) in [5.41, 5.74) is 1.89. The van der Waals surface area contributed by atoms with Crippen LogP contribution < -0.4 is 0 Å². The van der Waals surface area contributed by atoms with Crippen molar-refractivity contribution >= 4 is 33.3 Å². The van der Waals surface area contributed by atoms with E-state index in [4.69, 9.17) is 10.5 Å². The van der Waals surface area contributed by atoms with Crippen LogP contribution in [0.3, 0.4) is 0 Å². The van der Waals surface area contributed by atoms with Gasteiger partial charge in [-0.15, -0.1) is 0 Å². The Kier molecular flexibility index (Phi) is 5.32. The number of rotatable bonds is 4. The van der Waals surface area contributed by atoms with E-state index in [-0.39, 0.29) is 0 Å². The van der Waals surface area contributed by atoms with Gasteiger partial charge in [0.15, 0.2) is 0 Å². The highest BCUT2D eigenvalue weighted by Gasteiger charge is 2.13. The fraction of sp³-hybridized carbons (Fsp3) is 0. The van der Waals surface area contributed by atoms with Crippen molar-refractivity contribution in [1.29, 1.82) is 10.5 Å². The molecular formula is C16H10N2S2. The number of hydrogen-bond donors (Lipinski definition) is 0. The second-order valence-corrected chi connectivity index (χ2v) is 5.37.